The molecule has 0 atom stereocenters. The lowest BCUT2D eigenvalue weighted by Crippen LogP contribution is -2.06. The third-order valence-corrected chi connectivity index (χ3v) is 6.86. The van der Waals surface area contributed by atoms with Crippen molar-refractivity contribution in [3.05, 3.63) is 100 Å². The van der Waals surface area contributed by atoms with E-state index in [2.05, 4.69) is 40.4 Å². The van der Waals surface area contributed by atoms with Gasteiger partial charge in [-0.25, -0.2) is 19.7 Å². The van der Waals surface area contributed by atoms with Crippen LogP contribution in [0.15, 0.2) is 73.1 Å². The number of ether oxygens (including phenoxy) is 1. The number of carbonyl (C=O) groups is 1. The molecule has 0 unspecified atom stereocenters. The summed E-state index contributed by atoms with van der Waals surface area (Å²) in [4.78, 5) is 27.0. The zero-order valence-corrected chi connectivity index (χ0v) is 21.2. The number of hydrogen-bond donors (Lipinski definition) is 1. The zero-order chi connectivity index (χ0) is 25.1. The van der Waals surface area contributed by atoms with Crippen molar-refractivity contribution >= 4 is 39.7 Å². The first-order valence-corrected chi connectivity index (χ1v) is 12.6. The number of rotatable bonds is 7. The molecule has 3 aromatic carbocycles. The predicted octanol–water partition coefficient (Wildman–Crippen LogP) is 6.88. The summed E-state index contributed by atoms with van der Waals surface area (Å²) in [6.45, 7) is 6.19. The Hall–Kier alpha value is -4.10. The van der Waals surface area contributed by atoms with E-state index in [1.807, 2.05) is 62.5 Å². The van der Waals surface area contributed by atoms with Gasteiger partial charge in [-0.3, -0.25) is 0 Å². The molecule has 0 spiro atoms. The molecule has 0 aliphatic heterocycles. The zero-order valence-electron chi connectivity index (χ0n) is 20.4. The van der Waals surface area contributed by atoms with Crippen LogP contribution in [-0.4, -0.2) is 27.5 Å². The molecule has 0 saturated carbocycles. The Morgan fingerprint density at radius 3 is 2.64 bits per heavy atom. The number of aryl methyl sites for hydroxylation is 2. The fraction of sp³-hybridized carbons (Fsp3) is 0.172. The molecule has 36 heavy (non-hydrogen) atoms. The lowest BCUT2D eigenvalue weighted by atomic mass is 9.98. The van der Waals surface area contributed by atoms with Crippen LogP contribution in [0.1, 0.15) is 39.1 Å². The molecule has 180 valence electrons. The van der Waals surface area contributed by atoms with Crippen LogP contribution in [0, 0.1) is 13.8 Å². The van der Waals surface area contributed by atoms with Crippen molar-refractivity contribution in [3.63, 3.8) is 0 Å². The summed E-state index contributed by atoms with van der Waals surface area (Å²) in [6.07, 6.45) is 4.36. The van der Waals surface area contributed by atoms with E-state index < -0.39 is 0 Å². The summed E-state index contributed by atoms with van der Waals surface area (Å²) < 4.78 is 5.25. The maximum atomic E-state index is 12.4. The number of thiazole rings is 1. The van der Waals surface area contributed by atoms with Gasteiger partial charge in [-0.2, -0.15) is 0 Å². The van der Waals surface area contributed by atoms with Crippen molar-refractivity contribution in [2.75, 3.05) is 11.9 Å². The molecule has 6 nitrogen and oxygen atoms in total. The van der Waals surface area contributed by atoms with Crippen molar-refractivity contribution in [1.82, 2.24) is 15.0 Å². The largest absolute Gasteiger partial charge is 0.462 e. The van der Waals surface area contributed by atoms with Gasteiger partial charge in [0.1, 0.15) is 0 Å². The summed E-state index contributed by atoms with van der Waals surface area (Å²) in [5.74, 6) is 0.284. The minimum absolute atomic E-state index is 0.295. The summed E-state index contributed by atoms with van der Waals surface area (Å²) >= 11 is 1.67. The minimum Gasteiger partial charge on any atom is -0.462 e. The first kappa shape index (κ1) is 23.6. The number of esters is 1. The topological polar surface area (TPSA) is 77.0 Å². The van der Waals surface area contributed by atoms with Crippen molar-refractivity contribution in [1.29, 1.82) is 0 Å². The fourth-order valence-electron chi connectivity index (χ4n) is 4.23. The maximum absolute atomic E-state index is 12.4. The number of carbonyl (C=O) groups excluding carboxylic acids is 1. The van der Waals surface area contributed by atoms with E-state index in [-0.39, 0.29) is 5.97 Å². The van der Waals surface area contributed by atoms with Crippen molar-refractivity contribution in [3.8, 4) is 10.4 Å². The molecule has 0 radical (unpaired) electrons. The second-order valence-corrected chi connectivity index (χ2v) is 9.68. The van der Waals surface area contributed by atoms with E-state index in [0.717, 1.165) is 48.7 Å². The number of fused-ring (bicyclic) bond motifs is 1. The third kappa shape index (κ3) is 5.11. The number of nitrogens with one attached hydrogen (secondary N) is 1. The van der Waals surface area contributed by atoms with Crippen LogP contribution in [0.5, 0.6) is 0 Å². The SMILES string of the molecule is CCOC(=O)c1ccc(Cc2ncc(-c3cc(C)cc(Nc4nccc(C)n4)c3)s2)c2ccccc12. The fourth-order valence-corrected chi connectivity index (χ4v) is 5.15. The molecule has 5 aromatic rings. The second kappa shape index (κ2) is 10.3. The van der Waals surface area contributed by atoms with Gasteiger partial charge in [-0.15, -0.1) is 11.3 Å². The molecule has 0 fully saturated rings. The molecule has 1 N–H and O–H groups in total. The number of aromatic nitrogens is 3. The van der Waals surface area contributed by atoms with Crippen LogP contribution >= 0.6 is 11.3 Å². The van der Waals surface area contributed by atoms with E-state index in [4.69, 9.17) is 9.72 Å². The van der Waals surface area contributed by atoms with Crippen molar-refractivity contribution in [2.45, 2.75) is 27.2 Å². The summed E-state index contributed by atoms with van der Waals surface area (Å²) in [5.41, 5.74) is 5.80. The van der Waals surface area contributed by atoms with E-state index in [1.54, 1.807) is 17.5 Å². The average molecular weight is 495 g/mol. The van der Waals surface area contributed by atoms with Gasteiger partial charge in [-0.05, 0) is 72.5 Å². The van der Waals surface area contributed by atoms with Gasteiger partial charge in [0.05, 0.1) is 22.1 Å². The monoisotopic (exact) mass is 494 g/mol. The van der Waals surface area contributed by atoms with Gasteiger partial charge in [0, 0.05) is 30.2 Å². The Balaban J connectivity index is 1.42. The number of anilines is 2. The Morgan fingerprint density at radius 2 is 1.83 bits per heavy atom. The lowest BCUT2D eigenvalue weighted by Gasteiger charge is -2.10. The first-order chi connectivity index (χ1) is 17.5. The molecule has 2 heterocycles. The molecule has 7 heteroatoms. The number of nitrogens with zero attached hydrogens (tertiary/aromatic N) is 3. The highest BCUT2D eigenvalue weighted by molar-refractivity contribution is 7.15. The lowest BCUT2D eigenvalue weighted by molar-refractivity contribution is 0.0528. The Bertz CT molecular complexity index is 1560. The Morgan fingerprint density at radius 1 is 1.00 bits per heavy atom. The smallest absolute Gasteiger partial charge is 0.338 e. The molecular weight excluding hydrogens is 468 g/mol. The normalized spacial score (nSPS) is 11.0. The predicted molar refractivity (Wildman–Crippen MR) is 145 cm³/mol. The van der Waals surface area contributed by atoms with E-state index in [1.165, 1.54) is 0 Å². The molecule has 0 aliphatic rings. The molecule has 0 bridgehead atoms. The van der Waals surface area contributed by atoms with Crippen molar-refractivity contribution in [2.24, 2.45) is 0 Å². The standard InChI is InChI=1S/C29H26N4O2S/c1-4-35-28(34)25-10-9-20(23-7-5-6-8-24(23)25)16-27-31-17-26(36-27)21-13-18(2)14-22(15-21)33-29-30-12-11-19(3)32-29/h5-15,17H,4,16H2,1-3H3,(H,30,32,33). The number of benzene rings is 3. The van der Waals surface area contributed by atoms with Crippen molar-refractivity contribution < 1.29 is 9.53 Å². The third-order valence-electron chi connectivity index (χ3n) is 5.82. The quantitative estimate of drug-likeness (QED) is 0.249. The molecular formula is C29H26N4O2S. The molecule has 0 saturated heterocycles. The van der Waals surface area contributed by atoms with E-state index >= 15 is 0 Å². The first-order valence-electron chi connectivity index (χ1n) is 11.8. The summed E-state index contributed by atoms with van der Waals surface area (Å²) in [7, 11) is 0. The Kier molecular flexibility index (Phi) is 6.73. The van der Waals surface area contributed by atoms with E-state index in [9.17, 15) is 4.79 Å². The molecule has 2 aromatic heterocycles. The number of hydrogen-bond acceptors (Lipinski definition) is 7. The van der Waals surface area contributed by atoms with Gasteiger partial charge in [0.2, 0.25) is 5.95 Å². The van der Waals surface area contributed by atoms with Crippen LogP contribution in [0.25, 0.3) is 21.2 Å². The summed E-state index contributed by atoms with van der Waals surface area (Å²) in [6, 6.07) is 20.0. The van der Waals surface area contributed by atoms with Gasteiger partial charge < -0.3 is 10.1 Å². The van der Waals surface area contributed by atoms with E-state index in [0.29, 0.717) is 24.5 Å². The van der Waals surface area contributed by atoms with Crippen LogP contribution < -0.4 is 5.32 Å². The average Bonchev–Trinajstić information content (AvgIpc) is 3.33. The van der Waals surface area contributed by atoms with Crippen LogP contribution in [0.4, 0.5) is 11.6 Å². The van der Waals surface area contributed by atoms with Gasteiger partial charge >= 0.3 is 5.97 Å². The highest BCUT2D eigenvalue weighted by Gasteiger charge is 2.15. The minimum atomic E-state index is -0.295. The molecule has 5 rings (SSSR count). The van der Waals surface area contributed by atoms with Gasteiger partial charge in [0.15, 0.2) is 0 Å². The summed E-state index contributed by atoms with van der Waals surface area (Å²) in [5, 5.41) is 6.26. The second-order valence-electron chi connectivity index (χ2n) is 8.57. The van der Waals surface area contributed by atoms with Gasteiger partial charge in [-0.1, -0.05) is 36.4 Å². The highest BCUT2D eigenvalue weighted by atomic mass is 32.1. The van der Waals surface area contributed by atoms with Crippen LogP contribution in [0.2, 0.25) is 0 Å². The Labute approximate surface area is 214 Å². The molecule has 0 aliphatic carbocycles. The highest BCUT2D eigenvalue weighted by Crippen LogP contribution is 2.32. The molecule has 0 amide bonds. The van der Waals surface area contributed by atoms with Crippen LogP contribution in [-0.2, 0) is 11.2 Å². The van der Waals surface area contributed by atoms with Gasteiger partial charge in [0.25, 0.3) is 0 Å². The van der Waals surface area contributed by atoms with Crippen LogP contribution in [0.3, 0.4) is 0 Å². The maximum Gasteiger partial charge on any atom is 0.338 e.